The molecule has 3 atom stereocenters. The van der Waals surface area contributed by atoms with E-state index < -0.39 is 5.60 Å². The fourth-order valence-corrected chi connectivity index (χ4v) is 1.94. The van der Waals surface area contributed by atoms with Crippen LogP contribution in [0.25, 0.3) is 0 Å². The number of ether oxygens (including phenoxy) is 2. The van der Waals surface area contributed by atoms with Crippen LogP contribution in [0.15, 0.2) is 0 Å². The molecule has 0 aromatic rings. The fraction of sp³-hybridized carbons (Fsp3) is 1.00. The molecule has 0 radical (unpaired) electrons. The van der Waals surface area contributed by atoms with Crippen molar-refractivity contribution < 1.29 is 14.6 Å². The third-order valence-corrected chi connectivity index (χ3v) is 3.18. The molecule has 3 heteroatoms. The van der Waals surface area contributed by atoms with Crippen molar-refractivity contribution in [2.75, 3.05) is 20.3 Å². The largest absolute Gasteiger partial charge is 0.387 e. The van der Waals surface area contributed by atoms with Gasteiger partial charge in [-0.2, -0.15) is 0 Å². The van der Waals surface area contributed by atoms with E-state index in [1.807, 2.05) is 6.92 Å². The van der Waals surface area contributed by atoms with Crippen molar-refractivity contribution >= 4 is 0 Å². The molecule has 3 unspecified atom stereocenters. The van der Waals surface area contributed by atoms with Gasteiger partial charge in [0.15, 0.2) is 0 Å². The number of methoxy groups -OCH3 is 1. The van der Waals surface area contributed by atoms with E-state index in [0.717, 1.165) is 12.8 Å². The second-order valence-electron chi connectivity index (χ2n) is 3.94. The fourth-order valence-electron chi connectivity index (χ4n) is 1.94. The lowest BCUT2D eigenvalue weighted by Gasteiger charge is -2.32. The Balaban J connectivity index is 2.47. The van der Waals surface area contributed by atoms with Gasteiger partial charge in [0.25, 0.3) is 0 Å². The van der Waals surface area contributed by atoms with Gasteiger partial charge in [-0.05, 0) is 19.3 Å². The van der Waals surface area contributed by atoms with Gasteiger partial charge in [-0.15, -0.1) is 0 Å². The van der Waals surface area contributed by atoms with Crippen molar-refractivity contribution in [2.45, 2.75) is 38.4 Å². The van der Waals surface area contributed by atoms with Gasteiger partial charge < -0.3 is 14.6 Å². The molecule has 0 saturated carbocycles. The molecule has 0 aliphatic carbocycles. The molecule has 1 saturated heterocycles. The third-order valence-electron chi connectivity index (χ3n) is 3.18. The lowest BCUT2D eigenvalue weighted by Crippen LogP contribution is -2.43. The first-order chi connectivity index (χ1) is 6.11. The van der Waals surface area contributed by atoms with Crippen molar-refractivity contribution in [3.8, 4) is 0 Å². The van der Waals surface area contributed by atoms with E-state index in [1.54, 1.807) is 7.11 Å². The third kappa shape index (κ3) is 2.22. The average molecular weight is 188 g/mol. The number of aliphatic hydroxyl groups is 1. The van der Waals surface area contributed by atoms with Crippen LogP contribution in [0.4, 0.5) is 0 Å². The Morgan fingerprint density at radius 2 is 2.38 bits per heavy atom. The summed E-state index contributed by atoms with van der Waals surface area (Å²) in [5, 5.41) is 10.3. The Morgan fingerprint density at radius 3 is 2.85 bits per heavy atom. The standard InChI is InChI=1S/C10H20O3/c1-8(4-6-12-3)10(11)5-7-13-9(10)2/h8-9,11H,4-7H2,1-3H3. The molecule has 78 valence electrons. The first-order valence-corrected chi connectivity index (χ1v) is 4.94. The Kier molecular flexibility index (Phi) is 3.71. The molecule has 1 rings (SSSR count). The van der Waals surface area contributed by atoms with E-state index in [2.05, 4.69) is 6.92 Å². The Labute approximate surface area is 80.0 Å². The summed E-state index contributed by atoms with van der Waals surface area (Å²) < 4.78 is 10.4. The quantitative estimate of drug-likeness (QED) is 0.720. The maximum atomic E-state index is 10.3. The first kappa shape index (κ1) is 11.0. The minimum atomic E-state index is -0.640. The maximum absolute atomic E-state index is 10.3. The van der Waals surface area contributed by atoms with Crippen LogP contribution in [0, 0.1) is 5.92 Å². The van der Waals surface area contributed by atoms with Crippen LogP contribution in [-0.4, -0.2) is 37.1 Å². The summed E-state index contributed by atoms with van der Waals surface area (Å²) >= 11 is 0. The van der Waals surface area contributed by atoms with E-state index in [-0.39, 0.29) is 12.0 Å². The summed E-state index contributed by atoms with van der Waals surface area (Å²) in [6, 6.07) is 0. The highest BCUT2D eigenvalue weighted by Crippen LogP contribution is 2.34. The van der Waals surface area contributed by atoms with Crippen LogP contribution in [0.5, 0.6) is 0 Å². The van der Waals surface area contributed by atoms with Crippen molar-refractivity contribution in [3.63, 3.8) is 0 Å². The van der Waals surface area contributed by atoms with Crippen LogP contribution in [0.2, 0.25) is 0 Å². The van der Waals surface area contributed by atoms with Gasteiger partial charge in [0.2, 0.25) is 0 Å². The molecular weight excluding hydrogens is 168 g/mol. The van der Waals surface area contributed by atoms with Gasteiger partial charge in [-0.3, -0.25) is 0 Å². The molecule has 1 fully saturated rings. The zero-order chi connectivity index (χ0) is 9.90. The van der Waals surface area contributed by atoms with Crippen molar-refractivity contribution in [2.24, 2.45) is 5.92 Å². The molecule has 13 heavy (non-hydrogen) atoms. The molecule has 3 nitrogen and oxygen atoms in total. The predicted molar refractivity (Wildman–Crippen MR) is 50.6 cm³/mol. The van der Waals surface area contributed by atoms with Crippen LogP contribution in [-0.2, 0) is 9.47 Å². The number of rotatable bonds is 4. The van der Waals surface area contributed by atoms with E-state index in [1.165, 1.54) is 0 Å². The maximum Gasteiger partial charge on any atom is 0.0953 e. The molecule has 1 aliphatic heterocycles. The Bertz CT molecular complexity index is 160. The summed E-state index contributed by atoms with van der Waals surface area (Å²) in [5.41, 5.74) is -0.640. The molecular formula is C10H20O3. The molecule has 0 aromatic heterocycles. The summed E-state index contributed by atoms with van der Waals surface area (Å²) in [5.74, 6) is 0.241. The average Bonchev–Trinajstić information content (AvgIpc) is 2.44. The minimum Gasteiger partial charge on any atom is -0.387 e. The highest BCUT2D eigenvalue weighted by Gasteiger charge is 2.43. The second-order valence-corrected chi connectivity index (χ2v) is 3.94. The van der Waals surface area contributed by atoms with Gasteiger partial charge in [-0.1, -0.05) is 6.92 Å². The smallest absolute Gasteiger partial charge is 0.0953 e. The first-order valence-electron chi connectivity index (χ1n) is 4.94. The SMILES string of the molecule is COCCC(C)C1(O)CCOC1C. The second kappa shape index (κ2) is 4.40. The van der Waals surface area contributed by atoms with E-state index >= 15 is 0 Å². The Morgan fingerprint density at radius 1 is 1.69 bits per heavy atom. The summed E-state index contributed by atoms with van der Waals surface area (Å²) in [4.78, 5) is 0. The van der Waals surface area contributed by atoms with Gasteiger partial charge in [0, 0.05) is 26.7 Å². The number of hydrogen-bond acceptors (Lipinski definition) is 3. The molecule has 0 aromatic carbocycles. The predicted octanol–water partition coefficient (Wildman–Crippen LogP) is 1.20. The summed E-state index contributed by atoms with van der Waals surface area (Å²) in [6.07, 6.45) is 1.60. The van der Waals surface area contributed by atoms with E-state index in [4.69, 9.17) is 9.47 Å². The van der Waals surface area contributed by atoms with Crippen LogP contribution < -0.4 is 0 Å². The summed E-state index contributed by atoms with van der Waals surface area (Å²) in [7, 11) is 1.69. The lowest BCUT2D eigenvalue weighted by molar-refractivity contribution is -0.0704. The Hall–Kier alpha value is -0.120. The lowest BCUT2D eigenvalue weighted by atomic mass is 9.82. The minimum absolute atomic E-state index is 0.0423. The van der Waals surface area contributed by atoms with Gasteiger partial charge in [0.1, 0.15) is 0 Å². The van der Waals surface area contributed by atoms with Crippen molar-refractivity contribution in [1.29, 1.82) is 0 Å². The van der Waals surface area contributed by atoms with Crippen LogP contribution >= 0.6 is 0 Å². The van der Waals surface area contributed by atoms with Gasteiger partial charge >= 0.3 is 0 Å². The highest BCUT2D eigenvalue weighted by molar-refractivity contribution is 4.93. The molecule has 0 spiro atoms. The topological polar surface area (TPSA) is 38.7 Å². The van der Waals surface area contributed by atoms with Crippen LogP contribution in [0.3, 0.4) is 0 Å². The van der Waals surface area contributed by atoms with E-state index in [0.29, 0.717) is 13.2 Å². The zero-order valence-electron chi connectivity index (χ0n) is 8.75. The monoisotopic (exact) mass is 188 g/mol. The molecule has 1 heterocycles. The molecule has 0 amide bonds. The molecule has 1 aliphatic rings. The van der Waals surface area contributed by atoms with Gasteiger partial charge in [-0.25, -0.2) is 0 Å². The number of hydrogen-bond donors (Lipinski definition) is 1. The normalized spacial score (nSPS) is 36.5. The van der Waals surface area contributed by atoms with Crippen LogP contribution in [0.1, 0.15) is 26.7 Å². The molecule has 0 bridgehead atoms. The van der Waals surface area contributed by atoms with Crippen molar-refractivity contribution in [1.82, 2.24) is 0 Å². The van der Waals surface area contributed by atoms with Crippen molar-refractivity contribution in [3.05, 3.63) is 0 Å². The van der Waals surface area contributed by atoms with E-state index in [9.17, 15) is 5.11 Å². The zero-order valence-corrected chi connectivity index (χ0v) is 8.75. The summed E-state index contributed by atoms with van der Waals surface area (Å²) in [6.45, 7) is 5.38. The highest BCUT2D eigenvalue weighted by atomic mass is 16.5. The molecule has 1 N–H and O–H groups in total. The van der Waals surface area contributed by atoms with Gasteiger partial charge in [0.05, 0.1) is 11.7 Å².